The summed E-state index contributed by atoms with van der Waals surface area (Å²) in [6, 6.07) is 5.86. The highest BCUT2D eigenvalue weighted by molar-refractivity contribution is 6.00. The Morgan fingerprint density at radius 2 is 2.00 bits per heavy atom. The third kappa shape index (κ3) is 3.69. The van der Waals surface area contributed by atoms with Crippen molar-refractivity contribution in [3.05, 3.63) is 23.8 Å². The molecule has 2 rings (SSSR count). The number of nitrogens with one attached hydrogen (secondary N) is 2. The van der Waals surface area contributed by atoms with Crippen molar-refractivity contribution in [3.8, 4) is 0 Å². The van der Waals surface area contributed by atoms with E-state index in [4.69, 9.17) is 5.73 Å². The summed E-state index contributed by atoms with van der Waals surface area (Å²) in [7, 11) is 1.65. The average molecular weight is 289 g/mol. The number of hydrogen-bond acceptors (Lipinski definition) is 3. The van der Waals surface area contributed by atoms with Crippen LogP contribution in [0.15, 0.2) is 18.2 Å². The summed E-state index contributed by atoms with van der Waals surface area (Å²) in [5.41, 5.74) is 8.10. The third-order valence-electron chi connectivity index (χ3n) is 4.53. The first-order valence-electron chi connectivity index (χ1n) is 7.91. The molecule has 0 aliphatic heterocycles. The van der Waals surface area contributed by atoms with Crippen LogP contribution < -0.4 is 16.4 Å². The van der Waals surface area contributed by atoms with Gasteiger partial charge in [0.25, 0.3) is 5.91 Å². The first kappa shape index (κ1) is 15.7. The minimum absolute atomic E-state index is 0.0746. The molecule has 0 spiro atoms. The fourth-order valence-electron chi connectivity index (χ4n) is 3.35. The second kappa shape index (κ2) is 6.83. The highest BCUT2D eigenvalue weighted by Crippen LogP contribution is 2.33. The van der Waals surface area contributed by atoms with E-state index in [9.17, 15) is 4.79 Å². The van der Waals surface area contributed by atoms with Gasteiger partial charge in [-0.15, -0.1) is 0 Å². The summed E-state index contributed by atoms with van der Waals surface area (Å²) in [5.74, 6) is 1.22. The van der Waals surface area contributed by atoms with E-state index in [1.807, 2.05) is 6.07 Å². The Labute approximate surface area is 127 Å². The number of rotatable bonds is 4. The maximum absolute atomic E-state index is 12.0. The number of anilines is 2. The van der Waals surface area contributed by atoms with Crippen molar-refractivity contribution in [2.75, 3.05) is 18.1 Å². The SMILES string of the molecule is CNC(=O)c1ccc(N)cc1NC1CCCCC1C(C)C. The number of carbonyl (C=O) groups excluding carboxylic acids is 1. The summed E-state index contributed by atoms with van der Waals surface area (Å²) >= 11 is 0. The van der Waals surface area contributed by atoms with Crippen molar-refractivity contribution >= 4 is 17.3 Å². The second-order valence-electron chi connectivity index (χ2n) is 6.33. The van der Waals surface area contributed by atoms with Gasteiger partial charge in [0, 0.05) is 24.5 Å². The van der Waals surface area contributed by atoms with Crippen LogP contribution in [0.3, 0.4) is 0 Å². The maximum atomic E-state index is 12.0. The summed E-state index contributed by atoms with van der Waals surface area (Å²) in [6.07, 6.45) is 4.97. The van der Waals surface area contributed by atoms with Gasteiger partial charge in [-0.05, 0) is 42.9 Å². The van der Waals surface area contributed by atoms with Crippen molar-refractivity contribution in [3.63, 3.8) is 0 Å². The van der Waals surface area contributed by atoms with Gasteiger partial charge in [-0.1, -0.05) is 26.7 Å². The number of nitrogens with two attached hydrogens (primary N) is 1. The van der Waals surface area contributed by atoms with Crippen LogP contribution in [0.2, 0.25) is 0 Å². The van der Waals surface area contributed by atoms with Crippen molar-refractivity contribution in [2.24, 2.45) is 11.8 Å². The van der Waals surface area contributed by atoms with Gasteiger partial charge in [0.15, 0.2) is 0 Å². The van der Waals surface area contributed by atoms with E-state index in [0.29, 0.717) is 29.1 Å². The molecule has 1 saturated carbocycles. The van der Waals surface area contributed by atoms with E-state index in [2.05, 4.69) is 24.5 Å². The number of carbonyl (C=O) groups is 1. The summed E-state index contributed by atoms with van der Waals surface area (Å²) in [5, 5.41) is 6.29. The van der Waals surface area contributed by atoms with E-state index >= 15 is 0 Å². The lowest BCUT2D eigenvalue weighted by Gasteiger charge is -2.36. The predicted octanol–water partition coefficient (Wildman–Crippen LogP) is 3.26. The fraction of sp³-hybridized carbons (Fsp3) is 0.588. The molecular weight excluding hydrogens is 262 g/mol. The topological polar surface area (TPSA) is 67.2 Å². The van der Waals surface area contributed by atoms with Crippen LogP contribution in [-0.2, 0) is 0 Å². The molecule has 21 heavy (non-hydrogen) atoms. The Balaban J connectivity index is 2.24. The summed E-state index contributed by atoms with van der Waals surface area (Å²) in [6.45, 7) is 4.56. The van der Waals surface area contributed by atoms with Gasteiger partial charge in [0.1, 0.15) is 0 Å². The average Bonchev–Trinajstić information content (AvgIpc) is 2.47. The molecule has 0 bridgehead atoms. The number of amides is 1. The van der Waals surface area contributed by atoms with Crippen LogP contribution in [0.4, 0.5) is 11.4 Å². The summed E-state index contributed by atoms with van der Waals surface area (Å²) < 4.78 is 0. The van der Waals surface area contributed by atoms with Crippen LogP contribution in [0, 0.1) is 11.8 Å². The molecule has 0 aromatic heterocycles. The van der Waals surface area contributed by atoms with Crippen LogP contribution >= 0.6 is 0 Å². The molecule has 1 aliphatic carbocycles. The van der Waals surface area contributed by atoms with Crippen LogP contribution in [0.5, 0.6) is 0 Å². The quantitative estimate of drug-likeness (QED) is 0.745. The van der Waals surface area contributed by atoms with Crippen molar-refractivity contribution in [1.29, 1.82) is 0 Å². The molecular formula is C17H27N3O. The molecule has 2 unspecified atom stereocenters. The molecule has 1 aromatic rings. The fourth-order valence-corrected chi connectivity index (χ4v) is 3.35. The first-order valence-corrected chi connectivity index (χ1v) is 7.91. The van der Waals surface area contributed by atoms with Gasteiger partial charge in [0.05, 0.1) is 5.56 Å². The highest BCUT2D eigenvalue weighted by Gasteiger charge is 2.28. The lowest BCUT2D eigenvalue weighted by molar-refractivity contribution is 0.0964. The molecule has 116 valence electrons. The number of benzene rings is 1. The number of nitrogen functional groups attached to an aromatic ring is 1. The zero-order valence-corrected chi connectivity index (χ0v) is 13.3. The molecule has 4 nitrogen and oxygen atoms in total. The molecule has 2 atom stereocenters. The molecule has 0 heterocycles. The molecule has 4 heteroatoms. The normalized spacial score (nSPS) is 22.1. The van der Waals surface area contributed by atoms with Gasteiger partial charge >= 0.3 is 0 Å². The van der Waals surface area contributed by atoms with E-state index in [1.54, 1.807) is 19.2 Å². The summed E-state index contributed by atoms with van der Waals surface area (Å²) in [4.78, 5) is 12.0. The Morgan fingerprint density at radius 1 is 1.29 bits per heavy atom. The minimum Gasteiger partial charge on any atom is -0.399 e. The Kier molecular flexibility index (Phi) is 5.10. The molecule has 4 N–H and O–H groups in total. The largest absolute Gasteiger partial charge is 0.399 e. The Bertz CT molecular complexity index is 499. The van der Waals surface area contributed by atoms with E-state index in [-0.39, 0.29) is 5.91 Å². The van der Waals surface area contributed by atoms with Gasteiger partial charge in [-0.2, -0.15) is 0 Å². The van der Waals surface area contributed by atoms with Crippen molar-refractivity contribution in [1.82, 2.24) is 5.32 Å². The Hall–Kier alpha value is -1.71. The number of hydrogen-bond donors (Lipinski definition) is 3. The molecule has 1 fully saturated rings. The molecule has 1 aliphatic rings. The van der Waals surface area contributed by atoms with Crippen LogP contribution in [0.25, 0.3) is 0 Å². The monoisotopic (exact) mass is 289 g/mol. The van der Waals surface area contributed by atoms with E-state index < -0.39 is 0 Å². The van der Waals surface area contributed by atoms with Gasteiger partial charge < -0.3 is 16.4 Å². The van der Waals surface area contributed by atoms with Gasteiger partial charge in [-0.25, -0.2) is 0 Å². The first-order chi connectivity index (χ1) is 10.0. The highest BCUT2D eigenvalue weighted by atomic mass is 16.1. The zero-order chi connectivity index (χ0) is 15.4. The molecule has 0 radical (unpaired) electrons. The third-order valence-corrected chi connectivity index (χ3v) is 4.53. The standard InChI is InChI=1S/C17H27N3O/c1-11(2)13-6-4-5-7-15(13)20-16-10-12(18)8-9-14(16)17(21)19-3/h8-11,13,15,20H,4-7,18H2,1-3H3,(H,19,21). The van der Waals surface area contributed by atoms with E-state index in [1.165, 1.54) is 19.3 Å². The second-order valence-corrected chi connectivity index (χ2v) is 6.33. The van der Waals surface area contributed by atoms with Gasteiger partial charge in [0.2, 0.25) is 0 Å². The van der Waals surface area contributed by atoms with Crippen LogP contribution in [0.1, 0.15) is 49.9 Å². The molecule has 0 saturated heterocycles. The smallest absolute Gasteiger partial charge is 0.253 e. The maximum Gasteiger partial charge on any atom is 0.253 e. The Morgan fingerprint density at radius 3 is 2.67 bits per heavy atom. The predicted molar refractivity (Wildman–Crippen MR) is 88.5 cm³/mol. The minimum atomic E-state index is -0.0746. The lowest BCUT2D eigenvalue weighted by Crippen LogP contribution is -2.36. The van der Waals surface area contributed by atoms with Crippen molar-refractivity contribution < 1.29 is 4.79 Å². The van der Waals surface area contributed by atoms with Crippen molar-refractivity contribution in [2.45, 2.75) is 45.6 Å². The van der Waals surface area contributed by atoms with Gasteiger partial charge in [-0.3, -0.25) is 4.79 Å². The lowest BCUT2D eigenvalue weighted by atomic mass is 9.77. The zero-order valence-electron chi connectivity index (χ0n) is 13.3. The van der Waals surface area contributed by atoms with E-state index in [0.717, 1.165) is 12.1 Å². The van der Waals surface area contributed by atoms with Crippen LogP contribution in [-0.4, -0.2) is 19.0 Å². The molecule has 1 aromatic carbocycles. The molecule has 1 amide bonds.